The van der Waals surface area contributed by atoms with Crippen molar-refractivity contribution in [2.45, 2.75) is 82.6 Å². The van der Waals surface area contributed by atoms with Crippen LogP contribution in [0.2, 0.25) is 0 Å². The molecule has 2 aliphatic heterocycles. The number of fused-ring (bicyclic) bond motifs is 8. The van der Waals surface area contributed by atoms with Gasteiger partial charge in [0.15, 0.2) is 5.60 Å². The molecule has 1 N–H and O–H groups in total. The number of hydrogen-bond donors (Lipinski definition) is 1. The maximum Gasteiger partial charge on any atom is 0.417 e. The summed E-state index contributed by atoms with van der Waals surface area (Å²) in [5.41, 5.74) is 7.09. The number of nitrogens with one attached hydrogen (secondary N) is 1. The molecule has 0 saturated heterocycles. The molecule has 1 fully saturated rings. The molecule has 8 aromatic rings. The Morgan fingerprint density at radius 1 is 0.676 bits per heavy atom. The van der Waals surface area contributed by atoms with Gasteiger partial charge in [0.25, 0.3) is 5.91 Å². The van der Waals surface area contributed by atoms with Gasteiger partial charge in [-0.05, 0) is 155 Å². The monoisotopic (exact) mass is 989 g/mol. The van der Waals surface area contributed by atoms with Crippen molar-refractivity contribution in [2.75, 3.05) is 19.5 Å². The molecular weight excluding hydrogens is 932 g/mol. The molecule has 1 aliphatic carbocycles. The third-order valence-corrected chi connectivity index (χ3v) is 15.5. The largest absolute Gasteiger partial charge is 0.497 e. The van der Waals surface area contributed by atoms with Crippen molar-refractivity contribution in [1.82, 2.24) is 0 Å². The van der Waals surface area contributed by atoms with Crippen molar-refractivity contribution in [3.8, 4) is 56.4 Å². The third-order valence-electron chi connectivity index (χ3n) is 15.5. The Labute approximate surface area is 430 Å². The zero-order valence-electron chi connectivity index (χ0n) is 41.9. The van der Waals surface area contributed by atoms with Crippen LogP contribution >= 0.6 is 0 Å². The van der Waals surface area contributed by atoms with Crippen LogP contribution in [0.25, 0.3) is 50.2 Å². The first-order valence-electron chi connectivity index (χ1n) is 25.8. The summed E-state index contributed by atoms with van der Waals surface area (Å²) < 4.78 is 70.9. The Kier molecular flexibility index (Phi) is 13.3. The molecule has 0 bridgehead atoms. The molecule has 0 spiro atoms. The highest BCUT2D eigenvalue weighted by molar-refractivity contribution is 6.09. The Bertz CT molecular complexity index is 3320. The zero-order chi connectivity index (χ0) is 51.0. The van der Waals surface area contributed by atoms with Gasteiger partial charge in [-0.3, -0.25) is 4.79 Å². The predicted octanol–water partition coefficient (Wildman–Crippen LogP) is 17.2. The number of alkyl halides is 3. The summed E-state index contributed by atoms with van der Waals surface area (Å²) in [4.78, 5) is 13.6. The highest BCUT2D eigenvalue weighted by Crippen LogP contribution is 2.55. The smallest absolute Gasteiger partial charge is 0.417 e. The molecule has 1 saturated carbocycles. The predicted molar refractivity (Wildman–Crippen MR) is 289 cm³/mol. The zero-order valence-corrected chi connectivity index (χ0v) is 41.9. The SMILES string of the molecule is CCCCC[C@H]1CC[C@H](c2ccc(-c3ccc(C(=O)Nc4ccc(-c5ccc6c7c(c8c(c6c5)-c5ccccc5CO8)C=CC(c5ccc(OC)cc5)(c5ccc(OC)cc5)O7)c(C(F)(F)F)c4)cc3)cc2)CC1. The van der Waals surface area contributed by atoms with Gasteiger partial charge in [0, 0.05) is 33.3 Å². The van der Waals surface area contributed by atoms with Crippen molar-refractivity contribution in [3.05, 3.63) is 203 Å². The molecule has 11 rings (SSSR count). The van der Waals surface area contributed by atoms with E-state index in [1.807, 2.05) is 103 Å². The minimum atomic E-state index is -4.76. The number of halogens is 3. The molecule has 374 valence electrons. The Morgan fingerprint density at radius 3 is 1.97 bits per heavy atom. The number of anilines is 1. The van der Waals surface area contributed by atoms with Gasteiger partial charge in [-0.25, -0.2) is 0 Å². The van der Waals surface area contributed by atoms with Gasteiger partial charge in [-0.1, -0.05) is 130 Å². The van der Waals surface area contributed by atoms with Gasteiger partial charge in [-0.15, -0.1) is 0 Å². The fraction of sp³-hybridized carbons (Fsp3) is 0.246. The minimum absolute atomic E-state index is 0.0314. The number of unbranched alkanes of at least 4 members (excludes halogenated alkanes) is 2. The van der Waals surface area contributed by atoms with E-state index in [1.165, 1.54) is 69.1 Å². The van der Waals surface area contributed by atoms with Crippen molar-refractivity contribution in [1.29, 1.82) is 0 Å². The number of carbonyl (C=O) groups excluding carboxylic acids is 1. The molecular formula is C65H58F3NO5. The van der Waals surface area contributed by atoms with Crippen LogP contribution in [-0.4, -0.2) is 20.1 Å². The normalized spacial score (nSPS) is 16.5. The lowest BCUT2D eigenvalue weighted by Crippen LogP contribution is -2.34. The Morgan fingerprint density at radius 2 is 1.32 bits per heavy atom. The van der Waals surface area contributed by atoms with Crippen LogP contribution in [0.4, 0.5) is 18.9 Å². The average molecular weight is 990 g/mol. The van der Waals surface area contributed by atoms with Crippen molar-refractivity contribution in [3.63, 3.8) is 0 Å². The second-order valence-corrected chi connectivity index (χ2v) is 19.9. The highest BCUT2D eigenvalue weighted by atomic mass is 19.4. The van der Waals surface area contributed by atoms with Gasteiger partial charge in [-0.2, -0.15) is 13.2 Å². The first-order valence-corrected chi connectivity index (χ1v) is 25.8. The van der Waals surface area contributed by atoms with Crippen LogP contribution in [0.3, 0.4) is 0 Å². The van der Waals surface area contributed by atoms with E-state index < -0.39 is 23.2 Å². The molecule has 0 unspecified atom stereocenters. The van der Waals surface area contributed by atoms with E-state index in [2.05, 4.69) is 36.5 Å². The second-order valence-electron chi connectivity index (χ2n) is 19.9. The maximum absolute atomic E-state index is 15.3. The van der Waals surface area contributed by atoms with Gasteiger partial charge >= 0.3 is 6.18 Å². The van der Waals surface area contributed by atoms with Gasteiger partial charge in [0.05, 0.1) is 25.3 Å². The van der Waals surface area contributed by atoms with Gasteiger partial charge in [0.2, 0.25) is 0 Å². The molecule has 9 heteroatoms. The minimum Gasteiger partial charge on any atom is -0.497 e. The summed E-state index contributed by atoms with van der Waals surface area (Å²) in [6, 6.07) is 48.6. The van der Waals surface area contributed by atoms with Crippen LogP contribution in [0.15, 0.2) is 164 Å². The molecule has 1 amide bonds. The summed E-state index contributed by atoms with van der Waals surface area (Å²) >= 11 is 0. The number of methoxy groups -OCH3 is 2. The van der Waals surface area contributed by atoms with E-state index >= 15 is 13.2 Å². The summed E-state index contributed by atoms with van der Waals surface area (Å²) in [6.45, 7) is 2.57. The number of ether oxygens (including phenoxy) is 4. The number of carbonyl (C=O) groups is 1. The average Bonchev–Trinajstić information content (AvgIpc) is 3.46. The third kappa shape index (κ3) is 9.29. The quantitative estimate of drug-likeness (QED) is 0.117. The first-order chi connectivity index (χ1) is 36.0. The molecule has 8 aromatic carbocycles. The topological polar surface area (TPSA) is 66.0 Å². The number of rotatable bonds is 13. The van der Waals surface area contributed by atoms with E-state index in [1.54, 1.807) is 38.5 Å². The highest BCUT2D eigenvalue weighted by Gasteiger charge is 2.41. The van der Waals surface area contributed by atoms with Crippen LogP contribution in [-0.2, 0) is 18.4 Å². The number of amides is 1. The summed E-state index contributed by atoms with van der Waals surface area (Å²) in [6.07, 6.45) is 9.66. The molecule has 6 nitrogen and oxygen atoms in total. The Balaban J connectivity index is 0.898. The number of benzene rings is 8. The van der Waals surface area contributed by atoms with E-state index in [9.17, 15) is 4.79 Å². The summed E-state index contributed by atoms with van der Waals surface area (Å²) in [5.74, 6) is 3.43. The summed E-state index contributed by atoms with van der Waals surface area (Å²) in [7, 11) is 3.23. The first kappa shape index (κ1) is 48.5. The van der Waals surface area contributed by atoms with Crippen LogP contribution in [0.1, 0.15) is 108 Å². The molecule has 0 atom stereocenters. The second kappa shape index (κ2) is 20.3. The molecule has 74 heavy (non-hydrogen) atoms. The van der Waals surface area contributed by atoms with E-state index in [4.69, 9.17) is 18.9 Å². The molecule has 0 radical (unpaired) electrons. The fourth-order valence-electron chi connectivity index (χ4n) is 11.4. The standard InChI is InChI=1S/C65H58F3NO5/c1-4-5-6-9-41-12-14-42(15-13-41)43-16-18-44(19-17-43)45-20-22-46(23-21-45)63(70)69-51-29-35-54(59(39-51)65(66,67)68)47-24-34-56-58(38-47)60-55-11-8-7-10-48(55)40-73-62(60)57-36-37-64(74-61(56)57,49-25-30-52(71-2)31-26-49)50-27-32-53(72-3)33-28-50/h7-8,10-11,16-39,41-42H,4-6,9,12-15,40H2,1-3H3,(H,69,70)/t41-,42-. The van der Waals surface area contributed by atoms with Crippen molar-refractivity contribution < 1.29 is 36.9 Å². The van der Waals surface area contributed by atoms with Crippen molar-refractivity contribution >= 4 is 28.4 Å². The lowest BCUT2D eigenvalue weighted by atomic mass is 9.77. The van der Waals surface area contributed by atoms with Crippen LogP contribution in [0.5, 0.6) is 23.0 Å². The maximum atomic E-state index is 15.3. The number of hydrogen-bond acceptors (Lipinski definition) is 5. The van der Waals surface area contributed by atoms with E-state index in [-0.39, 0.29) is 11.3 Å². The van der Waals surface area contributed by atoms with Crippen LogP contribution in [0, 0.1) is 5.92 Å². The Hall–Kier alpha value is -7.78. The summed E-state index contributed by atoms with van der Waals surface area (Å²) in [5, 5.41) is 4.10. The molecule has 3 aliphatic rings. The molecule has 2 heterocycles. The lowest BCUT2D eigenvalue weighted by Gasteiger charge is -2.38. The van der Waals surface area contributed by atoms with Gasteiger partial charge in [0.1, 0.15) is 29.6 Å². The molecule has 0 aromatic heterocycles. The fourth-order valence-corrected chi connectivity index (χ4v) is 11.4. The van der Waals surface area contributed by atoms with Crippen molar-refractivity contribution in [2.24, 2.45) is 5.92 Å². The van der Waals surface area contributed by atoms with E-state index in [0.29, 0.717) is 57.4 Å². The van der Waals surface area contributed by atoms with Gasteiger partial charge < -0.3 is 24.3 Å². The van der Waals surface area contributed by atoms with E-state index in [0.717, 1.165) is 56.5 Å². The lowest BCUT2D eigenvalue weighted by molar-refractivity contribution is -0.137. The van der Waals surface area contributed by atoms with Crippen LogP contribution < -0.4 is 24.3 Å².